The van der Waals surface area contributed by atoms with Crippen LogP contribution in [-0.4, -0.2) is 49.5 Å². The summed E-state index contributed by atoms with van der Waals surface area (Å²) in [6.45, 7) is 4.27. The minimum Gasteiger partial charge on any atom is -0.470 e. The van der Waals surface area contributed by atoms with Gasteiger partial charge in [0.15, 0.2) is 0 Å². The lowest BCUT2D eigenvalue weighted by atomic mass is 10.3. The third kappa shape index (κ3) is 3.54. The summed E-state index contributed by atoms with van der Waals surface area (Å²) in [7, 11) is 0. The van der Waals surface area contributed by atoms with Crippen molar-refractivity contribution < 1.29 is 9.53 Å². The Morgan fingerprint density at radius 3 is 2.88 bits per heavy atom. The molecule has 134 valence electrons. The minimum absolute atomic E-state index is 0.0612. The number of hydrogen-bond donors (Lipinski definition) is 0. The van der Waals surface area contributed by atoms with Crippen LogP contribution >= 0.6 is 0 Å². The number of rotatable bonds is 4. The average molecular weight is 354 g/mol. The summed E-state index contributed by atoms with van der Waals surface area (Å²) in [4.78, 5) is 38.4. The Kier molecular flexibility index (Phi) is 4.93. The second-order valence-corrected chi connectivity index (χ2v) is 6.08. The molecule has 1 amide bonds. The largest absolute Gasteiger partial charge is 0.470 e. The van der Waals surface area contributed by atoms with Crippen LogP contribution in [0.1, 0.15) is 23.4 Å². The van der Waals surface area contributed by atoms with Gasteiger partial charge in [-0.25, -0.2) is 15.0 Å². The molecular weight excluding hydrogens is 336 g/mol. The molecular formula is C17H18N6O3. The van der Waals surface area contributed by atoms with E-state index in [1.54, 1.807) is 18.7 Å². The molecule has 3 heterocycles. The first-order chi connectivity index (χ1) is 12.5. The zero-order valence-corrected chi connectivity index (χ0v) is 14.5. The van der Waals surface area contributed by atoms with Gasteiger partial charge in [-0.05, 0) is 13.8 Å². The van der Waals surface area contributed by atoms with Gasteiger partial charge in [0.2, 0.25) is 11.6 Å². The van der Waals surface area contributed by atoms with Crippen molar-refractivity contribution in [2.75, 3.05) is 13.1 Å². The van der Waals surface area contributed by atoms with Crippen molar-refractivity contribution in [3.8, 4) is 11.9 Å². The first kappa shape index (κ1) is 17.5. The Morgan fingerprint density at radius 2 is 2.12 bits per heavy atom. The van der Waals surface area contributed by atoms with E-state index in [1.165, 1.54) is 23.3 Å². The molecule has 26 heavy (non-hydrogen) atoms. The summed E-state index contributed by atoms with van der Waals surface area (Å²) >= 11 is 0. The van der Waals surface area contributed by atoms with Gasteiger partial charge < -0.3 is 9.64 Å². The predicted molar refractivity (Wildman–Crippen MR) is 90.3 cm³/mol. The second kappa shape index (κ2) is 7.31. The molecule has 0 saturated carbocycles. The molecule has 1 saturated heterocycles. The summed E-state index contributed by atoms with van der Waals surface area (Å²) in [6.07, 6.45) is 4.62. The molecule has 0 bridgehead atoms. The van der Waals surface area contributed by atoms with Crippen LogP contribution in [0, 0.1) is 25.2 Å². The van der Waals surface area contributed by atoms with Gasteiger partial charge in [0, 0.05) is 36.6 Å². The fourth-order valence-electron chi connectivity index (χ4n) is 2.73. The maximum absolute atomic E-state index is 12.5. The molecule has 0 N–H and O–H groups in total. The number of carbonyl (C=O) groups is 1. The number of amides is 1. The van der Waals surface area contributed by atoms with E-state index in [0.717, 1.165) is 0 Å². The average Bonchev–Trinajstić information content (AvgIpc) is 3.11. The zero-order valence-electron chi connectivity index (χ0n) is 14.5. The number of carbonyl (C=O) groups excluding carboxylic acids is 1. The molecule has 1 atom stereocenters. The highest BCUT2D eigenvalue weighted by atomic mass is 16.5. The summed E-state index contributed by atoms with van der Waals surface area (Å²) in [5.41, 5.74) is 1.10. The predicted octanol–water partition coefficient (Wildman–Crippen LogP) is 0.202. The number of nitriles is 1. The van der Waals surface area contributed by atoms with Crippen LogP contribution < -0.4 is 10.3 Å². The lowest BCUT2D eigenvalue weighted by molar-refractivity contribution is -0.131. The number of hydrogen-bond acceptors (Lipinski definition) is 7. The molecule has 0 aromatic carbocycles. The van der Waals surface area contributed by atoms with Crippen LogP contribution in [-0.2, 0) is 11.3 Å². The van der Waals surface area contributed by atoms with E-state index in [2.05, 4.69) is 15.0 Å². The van der Waals surface area contributed by atoms with Gasteiger partial charge in [-0.3, -0.25) is 14.2 Å². The van der Waals surface area contributed by atoms with Gasteiger partial charge in [0.05, 0.1) is 12.9 Å². The SMILES string of the molecule is Cc1ncn(CC(=O)N2CCC(Oc3nccnc3C#N)C2)c(=O)c1C. The molecule has 2 aromatic rings. The molecule has 1 aliphatic heterocycles. The Morgan fingerprint density at radius 1 is 1.35 bits per heavy atom. The van der Waals surface area contributed by atoms with E-state index in [0.29, 0.717) is 30.8 Å². The van der Waals surface area contributed by atoms with Crippen LogP contribution in [0.2, 0.25) is 0 Å². The first-order valence-electron chi connectivity index (χ1n) is 8.17. The number of nitrogens with zero attached hydrogens (tertiary/aromatic N) is 6. The van der Waals surface area contributed by atoms with Gasteiger partial charge in [0.1, 0.15) is 18.7 Å². The van der Waals surface area contributed by atoms with Crippen molar-refractivity contribution in [1.29, 1.82) is 5.26 Å². The summed E-state index contributed by atoms with van der Waals surface area (Å²) in [5.74, 6) is -0.00761. The lowest BCUT2D eigenvalue weighted by Crippen LogP contribution is -2.37. The highest BCUT2D eigenvalue weighted by Gasteiger charge is 2.29. The molecule has 0 spiro atoms. The highest BCUT2D eigenvalue weighted by Crippen LogP contribution is 2.18. The lowest BCUT2D eigenvalue weighted by Gasteiger charge is -2.18. The standard InChI is InChI=1S/C17H18N6O3/c1-11-12(2)21-10-23(17(11)25)9-15(24)22-6-3-13(8-22)26-16-14(7-18)19-4-5-20-16/h4-5,10,13H,3,6,8-9H2,1-2H3. The Hall–Kier alpha value is -3.28. The minimum atomic E-state index is -0.266. The molecule has 0 aliphatic carbocycles. The van der Waals surface area contributed by atoms with Crippen LogP contribution in [0.25, 0.3) is 0 Å². The van der Waals surface area contributed by atoms with Crippen molar-refractivity contribution in [2.24, 2.45) is 0 Å². The Balaban J connectivity index is 1.64. The maximum Gasteiger partial charge on any atom is 0.256 e. The topological polar surface area (TPSA) is 114 Å². The highest BCUT2D eigenvalue weighted by molar-refractivity contribution is 5.76. The molecule has 1 unspecified atom stereocenters. The second-order valence-electron chi connectivity index (χ2n) is 6.08. The Bertz CT molecular complexity index is 933. The zero-order chi connectivity index (χ0) is 18.7. The summed E-state index contributed by atoms with van der Waals surface area (Å²) in [6, 6.07) is 1.93. The van der Waals surface area contributed by atoms with Gasteiger partial charge in [-0.2, -0.15) is 5.26 Å². The van der Waals surface area contributed by atoms with Gasteiger partial charge in [-0.1, -0.05) is 0 Å². The quantitative estimate of drug-likeness (QED) is 0.770. The fraction of sp³-hybridized carbons (Fsp3) is 0.412. The monoisotopic (exact) mass is 354 g/mol. The van der Waals surface area contributed by atoms with Gasteiger partial charge in [-0.15, -0.1) is 0 Å². The van der Waals surface area contributed by atoms with E-state index in [1.807, 2.05) is 6.07 Å². The smallest absolute Gasteiger partial charge is 0.256 e. The van der Waals surface area contributed by atoms with Crippen molar-refractivity contribution in [2.45, 2.75) is 32.9 Å². The van der Waals surface area contributed by atoms with Crippen LogP contribution in [0.5, 0.6) is 5.88 Å². The summed E-state index contributed by atoms with van der Waals surface area (Å²) in [5, 5.41) is 9.03. The number of aromatic nitrogens is 4. The molecule has 1 aliphatic rings. The molecule has 0 radical (unpaired) electrons. The van der Waals surface area contributed by atoms with Crippen molar-refractivity contribution in [1.82, 2.24) is 24.4 Å². The maximum atomic E-state index is 12.5. The fourth-order valence-corrected chi connectivity index (χ4v) is 2.73. The molecule has 9 heteroatoms. The van der Waals surface area contributed by atoms with Gasteiger partial charge in [0.25, 0.3) is 11.4 Å². The van der Waals surface area contributed by atoms with Crippen LogP contribution in [0.3, 0.4) is 0 Å². The first-order valence-corrected chi connectivity index (χ1v) is 8.17. The number of aryl methyl sites for hydroxylation is 1. The van der Waals surface area contributed by atoms with Crippen LogP contribution in [0.15, 0.2) is 23.5 Å². The van der Waals surface area contributed by atoms with Gasteiger partial charge >= 0.3 is 0 Å². The van der Waals surface area contributed by atoms with Crippen LogP contribution in [0.4, 0.5) is 0 Å². The molecule has 3 rings (SSSR count). The third-order valence-electron chi connectivity index (χ3n) is 4.37. The van der Waals surface area contributed by atoms with E-state index >= 15 is 0 Å². The molecule has 2 aromatic heterocycles. The Labute approximate surface area is 149 Å². The van der Waals surface area contributed by atoms with Crippen molar-refractivity contribution >= 4 is 5.91 Å². The van der Waals surface area contributed by atoms with Crippen molar-refractivity contribution in [3.05, 3.63) is 46.0 Å². The third-order valence-corrected chi connectivity index (χ3v) is 4.37. The van der Waals surface area contributed by atoms with E-state index < -0.39 is 0 Å². The normalized spacial score (nSPS) is 16.3. The molecule has 9 nitrogen and oxygen atoms in total. The number of ether oxygens (including phenoxy) is 1. The van der Waals surface area contributed by atoms with E-state index in [4.69, 9.17) is 10.00 Å². The summed E-state index contributed by atoms with van der Waals surface area (Å²) < 4.78 is 7.03. The molecule has 1 fully saturated rings. The van der Waals surface area contributed by atoms with E-state index in [-0.39, 0.29) is 35.7 Å². The number of likely N-dealkylation sites (tertiary alicyclic amines) is 1. The van der Waals surface area contributed by atoms with E-state index in [9.17, 15) is 9.59 Å². The van der Waals surface area contributed by atoms with Crippen molar-refractivity contribution in [3.63, 3.8) is 0 Å².